The molecule has 2 heterocycles. The Balaban J connectivity index is 0.00000225. The number of amides is 1. The standard InChI is InChI=1S/C15H16F3N3O3.ClH/c16-15(17,18)13-21-10-7-9(1-2-11(10)24-13)20-12(22)14(8-19)3-5-23-6-4-14;/h1-2,7H,3-6,8,19H2,(H,20,22);1H. The number of hydrogen-bond acceptors (Lipinski definition) is 5. The Kier molecular flexibility index (Phi) is 5.60. The van der Waals surface area contributed by atoms with Gasteiger partial charge in [-0.1, -0.05) is 0 Å². The summed E-state index contributed by atoms with van der Waals surface area (Å²) in [6, 6.07) is 4.15. The highest BCUT2D eigenvalue weighted by Crippen LogP contribution is 2.33. The van der Waals surface area contributed by atoms with Crippen LogP contribution in [0.25, 0.3) is 11.1 Å². The molecule has 0 saturated carbocycles. The van der Waals surface area contributed by atoms with E-state index in [9.17, 15) is 18.0 Å². The number of oxazole rings is 1. The largest absolute Gasteiger partial charge is 0.468 e. The Hall–Kier alpha value is -1.84. The van der Waals surface area contributed by atoms with E-state index in [1.165, 1.54) is 18.2 Å². The van der Waals surface area contributed by atoms with Gasteiger partial charge in [0.15, 0.2) is 5.58 Å². The minimum absolute atomic E-state index is 0. The van der Waals surface area contributed by atoms with Crippen LogP contribution in [0.1, 0.15) is 18.7 Å². The summed E-state index contributed by atoms with van der Waals surface area (Å²) in [6.45, 7) is 1.07. The van der Waals surface area contributed by atoms with Gasteiger partial charge in [-0.2, -0.15) is 13.2 Å². The highest BCUT2D eigenvalue weighted by atomic mass is 35.5. The first-order valence-corrected chi connectivity index (χ1v) is 7.41. The monoisotopic (exact) mass is 379 g/mol. The average Bonchev–Trinajstić information content (AvgIpc) is 2.99. The summed E-state index contributed by atoms with van der Waals surface area (Å²) in [5, 5.41) is 2.71. The van der Waals surface area contributed by atoms with Gasteiger partial charge in [0.2, 0.25) is 5.91 Å². The topological polar surface area (TPSA) is 90.4 Å². The lowest BCUT2D eigenvalue weighted by Crippen LogP contribution is -2.46. The van der Waals surface area contributed by atoms with E-state index in [1.54, 1.807) is 0 Å². The molecular formula is C15H17ClF3N3O3. The highest BCUT2D eigenvalue weighted by Gasteiger charge is 2.39. The van der Waals surface area contributed by atoms with Gasteiger partial charge in [-0.25, -0.2) is 4.98 Å². The van der Waals surface area contributed by atoms with E-state index in [2.05, 4.69) is 14.7 Å². The van der Waals surface area contributed by atoms with E-state index in [0.29, 0.717) is 31.7 Å². The lowest BCUT2D eigenvalue weighted by atomic mass is 9.79. The van der Waals surface area contributed by atoms with Crippen LogP contribution in [0, 0.1) is 5.41 Å². The van der Waals surface area contributed by atoms with Crippen LogP contribution in [0.3, 0.4) is 0 Å². The number of anilines is 1. The maximum atomic E-state index is 12.6. The lowest BCUT2D eigenvalue weighted by molar-refractivity contribution is -0.156. The number of hydrogen-bond donors (Lipinski definition) is 2. The van der Waals surface area contributed by atoms with Gasteiger partial charge in [0, 0.05) is 25.4 Å². The second kappa shape index (κ2) is 7.19. The molecule has 1 fully saturated rings. The van der Waals surface area contributed by atoms with E-state index < -0.39 is 17.5 Å². The molecule has 1 aromatic heterocycles. The molecule has 10 heteroatoms. The van der Waals surface area contributed by atoms with Crippen molar-refractivity contribution in [2.75, 3.05) is 25.1 Å². The number of rotatable bonds is 3. The molecule has 0 radical (unpaired) electrons. The maximum Gasteiger partial charge on any atom is 0.468 e. The third-order valence-corrected chi connectivity index (χ3v) is 4.21. The fraction of sp³-hybridized carbons (Fsp3) is 0.467. The molecule has 0 spiro atoms. The van der Waals surface area contributed by atoms with Crippen molar-refractivity contribution in [2.24, 2.45) is 11.1 Å². The highest BCUT2D eigenvalue weighted by molar-refractivity contribution is 5.97. The first-order chi connectivity index (χ1) is 11.3. The van der Waals surface area contributed by atoms with E-state index in [1.807, 2.05) is 0 Å². The fourth-order valence-corrected chi connectivity index (χ4v) is 2.68. The van der Waals surface area contributed by atoms with Crippen molar-refractivity contribution in [2.45, 2.75) is 19.0 Å². The Bertz CT molecular complexity index is 757. The molecule has 0 bridgehead atoms. The van der Waals surface area contributed by atoms with Crippen molar-refractivity contribution in [3.63, 3.8) is 0 Å². The molecular weight excluding hydrogens is 363 g/mol. The number of halogens is 4. The number of nitrogens with two attached hydrogens (primary N) is 1. The zero-order chi connectivity index (χ0) is 17.4. The second-order valence-electron chi connectivity index (χ2n) is 5.75. The van der Waals surface area contributed by atoms with Crippen molar-refractivity contribution in [1.82, 2.24) is 4.98 Å². The van der Waals surface area contributed by atoms with Crippen LogP contribution < -0.4 is 11.1 Å². The van der Waals surface area contributed by atoms with E-state index in [0.717, 1.165) is 0 Å². The molecule has 1 saturated heterocycles. The van der Waals surface area contributed by atoms with Crippen LogP contribution in [0.2, 0.25) is 0 Å². The second-order valence-corrected chi connectivity index (χ2v) is 5.75. The summed E-state index contributed by atoms with van der Waals surface area (Å²) in [6.07, 6.45) is -3.66. The molecule has 138 valence electrons. The van der Waals surface area contributed by atoms with Crippen molar-refractivity contribution < 1.29 is 27.1 Å². The number of fused-ring (bicyclic) bond motifs is 1. The van der Waals surface area contributed by atoms with Crippen molar-refractivity contribution in [3.8, 4) is 0 Å². The first kappa shape index (κ1) is 19.5. The van der Waals surface area contributed by atoms with Crippen LogP contribution in [-0.4, -0.2) is 30.6 Å². The van der Waals surface area contributed by atoms with Crippen LogP contribution in [-0.2, 0) is 15.7 Å². The smallest absolute Gasteiger partial charge is 0.433 e. The number of ether oxygens (including phenoxy) is 1. The summed E-state index contributed by atoms with van der Waals surface area (Å²) in [4.78, 5) is 16.0. The molecule has 0 atom stereocenters. The molecule has 0 aliphatic carbocycles. The number of nitrogens with zero attached hydrogens (tertiary/aromatic N) is 1. The molecule has 3 N–H and O–H groups in total. The van der Waals surface area contributed by atoms with Crippen LogP contribution in [0.15, 0.2) is 22.6 Å². The SMILES string of the molecule is Cl.NCC1(C(=O)Nc2ccc3oc(C(F)(F)F)nc3c2)CCOCC1. The molecule has 3 rings (SSSR count). The summed E-state index contributed by atoms with van der Waals surface area (Å²) in [5.41, 5.74) is 5.40. The van der Waals surface area contributed by atoms with Gasteiger partial charge in [0.1, 0.15) is 5.52 Å². The zero-order valence-electron chi connectivity index (χ0n) is 13.1. The maximum absolute atomic E-state index is 12.6. The van der Waals surface area contributed by atoms with E-state index in [4.69, 9.17) is 10.5 Å². The molecule has 2 aromatic rings. The van der Waals surface area contributed by atoms with Gasteiger partial charge in [-0.05, 0) is 31.0 Å². The Morgan fingerprint density at radius 3 is 2.60 bits per heavy atom. The van der Waals surface area contributed by atoms with Gasteiger partial charge in [-0.15, -0.1) is 12.4 Å². The lowest BCUT2D eigenvalue weighted by Gasteiger charge is -2.34. The molecule has 6 nitrogen and oxygen atoms in total. The van der Waals surface area contributed by atoms with Crippen LogP contribution in [0.4, 0.5) is 18.9 Å². The third kappa shape index (κ3) is 3.88. The predicted molar refractivity (Wildman–Crippen MR) is 86.4 cm³/mol. The predicted octanol–water partition coefficient (Wildman–Crippen LogP) is 2.96. The Morgan fingerprint density at radius 2 is 2.00 bits per heavy atom. The molecule has 1 aliphatic heterocycles. The van der Waals surface area contributed by atoms with E-state index >= 15 is 0 Å². The minimum Gasteiger partial charge on any atom is -0.433 e. The normalized spacial score (nSPS) is 17.1. The van der Waals surface area contributed by atoms with Gasteiger partial charge in [0.05, 0.1) is 5.41 Å². The summed E-state index contributed by atoms with van der Waals surface area (Å²) in [7, 11) is 0. The van der Waals surface area contributed by atoms with Crippen molar-refractivity contribution >= 4 is 35.1 Å². The third-order valence-electron chi connectivity index (χ3n) is 4.21. The summed E-state index contributed by atoms with van der Waals surface area (Å²) in [5.74, 6) is -1.59. The molecule has 0 unspecified atom stereocenters. The number of benzene rings is 1. The van der Waals surface area contributed by atoms with Gasteiger partial charge in [-0.3, -0.25) is 4.79 Å². The number of aromatic nitrogens is 1. The molecule has 25 heavy (non-hydrogen) atoms. The average molecular weight is 380 g/mol. The minimum atomic E-state index is -4.66. The van der Waals surface area contributed by atoms with E-state index in [-0.39, 0.29) is 36.0 Å². The summed E-state index contributed by atoms with van der Waals surface area (Å²) < 4.78 is 47.8. The number of alkyl halides is 3. The van der Waals surface area contributed by atoms with Gasteiger partial charge < -0.3 is 20.2 Å². The molecule has 1 amide bonds. The Morgan fingerprint density at radius 1 is 1.32 bits per heavy atom. The number of carbonyl (C=O) groups is 1. The first-order valence-electron chi connectivity index (χ1n) is 7.41. The molecule has 1 aromatic carbocycles. The quantitative estimate of drug-likeness (QED) is 0.855. The number of nitrogens with one attached hydrogen (secondary N) is 1. The van der Waals surface area contributed by atoms with Crippen molar-refractivity contribution in [3.05, 3.63) is 24.1 Å². The fourth-order valence-electron chi connectivity index (χ4n) is 2.68. The van der Waals surface area contributed by atoms with Crippen molar-refractivity contribution in [1.29, 1.82) is 0 Å². The zero-order valence-corrected chi connectivity index (χ0v) is 13.9. The van der Waals surface area contributed by atoms with Gasteiger partial charge >= 0.3 is 12.1 Å². The number of carbonyl (C=O) groups excluding carboxylic acids is 1. The molecule has 1 aliphatic rings. The summed E-state index contributed by atoms with van der Waals surface area (Å²) >= 11 is 0. The van der Waals surface area contributed by atoms with Crippen LogP contribution in [0.5, 0.6) is 0 Å². The van der Waals surface area contributed by atoms with Crippen LogP contribution >= 0.6 is 12.4 Å². The van der Waals surface area contributed by atoms with Gasteiger partial charge in [0.25, 0.3) is 0 Å². The Labute approximate surface area is 147 Å².